The Labute approximate surface area is 118 Å². The van der Waals surface area contributed by atoms with Crippen LogP contribution in [0.5, 0.6) is 5.75 Å². The number of aromatic nitrogens is 1. The number of ether oxygens (including phenoxy) is 1. The predicted molar refractivity (Wildman–Crippen MR) is 75.9 cm³/mol. The maximum absolute atomic E-state index is 13.1. The standard InChI is InChI=1S/C13H12FIN2O/c1-18-10-4-8(6-17-7-10)13(16)11-3-2-9(14)5-12(11)15/h2-7,13H,16H2,1H3. The van der Waals surface area contributed by atoms with E-state index in [9.17, 15) is 4.39 Å². The summed E-state index contributed by atoms with van der Waals surface area (Å²) in [7, 11) is 1.58. The van der Waals surface area contributed by atoms with Crippen molar-refractivity contribution in [3.8, 4) is 5.75 Å². The highest BCUT2D eigenvalue weighted by atomic mass is 127. The van der Waals surface area contributed by atoms with E-state index in [1.807, 2.05) is 6.07 Å². The van der Waals surface area contributed by atoms with Crippen molar-refractivity contribution in [1.82, 2.24) is 4.98 Å². The van der Waals surface area contributed by atoms with Gasteiger partial charge in [0, 0.05) is 9.77 Å². The van der Waals surface area contributed by atoms with Crippen LogP contribution in [0.15, 0.2) is 36.7 Å². The van der Waals surface area contributed by atoms with Crippen molar-refractivity contribution in [2.24, 2.45) is 5.73 Å². The minimum absolute atomic E-state index is 0.265. The van der Waals surface area contributed by atoms with E-state index in [2.05, 4.69) is 27.6 Å². The number of nitrogens with zero attached hydrogens (tertiary/aromatic N) is 1. The van der Waals surface area contributed by atoms with Crippen molar-refractivity contribution in [3.63, 3.8) is 0 Å². The van der Waals surface area contributed by atoms with Gasteiger partial charge >= 0.3 is 0 Å². The highest BCUT2D eigenvalue weighted by Gasteiger charge is 2.13. The SMILES string of the molecule is COc1cncc(C(N)c2ccc(F)cc2I)c1. The van der Waals surface area contributed by atoms with E-state index < -0.39 is 0 Å². The molecule has 94 valence electrons. The number of nitrogens with two attached hydrogens (primary N) is 1. The third-order valence-electron chi connectivity index (χ3n) is 2.63. The minimum atomic E-state index is -0.347. The van der Waals surface area contributed by atoms with Gasteiger partial charge in [0.1, 0.15) is 11.6 Å². The van der Waals surface area contributed by atoms with Gasteiger partial charge in [0.05, 0.1) is 19.3 Å². The van der Waals surface area contributed by atoms with Crippen LogP contribution < -0.4 is 10.5 Å². The molecule has 1 heterocycles. The lowest BCUT2D eigenvalue weighted by Crippen LogP contribution is -2.13. The summed E-state index contributed by atoms with van der Waals surface area (Å²) in [5.74, 6) is 0.388. The Bertz CT molecular complexity index is 562. The molecule has 0 saturated carbocycles. The van der Waals surface area contributed by atoms with Crippen molar-refractivity contribution in [2.45, 2.75) is 6.04 Å². The third-order valence-corrected chi connectivity index (χ3v) is 3.56. The fourth-order valence-electron chi connectivity index (χ4n) is 1.65. The van der Waals surface area contributed by atoms with Crippen molar-refractivity contribution < 1.29 is 9.13 Å². The molecule has 0 spiro atoms. The number of methoxy groups -OCH3 is 1. The molecule has 0 aliphatic carbocycles. The van der Waals surface area contributed by atoms with Gasteiger partial charge in [0.2, 0.25) is 0 Å². The summed E-state index contributed by atoms with van der Waals surface area (Å²) < 4.78 is 19.0. The topological polar surface area (TPSA) is 48.1 Å². The van der Waals surface area contributed by atoms with Gasteiger partial charge in [0.25, 0.3) is 0 Å². The second-order valence-electron chi connectivity index (χ2n) is 3.80. The summed E-state index contributed by atoms with van der Waals surface area (Å²) >= 11 is 2.07. The first-order chi connectivity index (χ1) is 8.61. The Morgan fingerprint density at radius 2 is 2.11 bits per heavy atom. The summed E-state index contributed by atoms with van der Waals surface area (Å²) in [5, 5.41) is 0. The van der Waals surface area contributed by atoms with E-state index >= 15 is 0 Å². The molecule has 0 amide bonds. The highest BCUT2D eigenvalue weighted by molar-refractivity contribution is 14.1. The first-order valence-electron chi connectivity index (χ1n) is 5.31. The van der Waals surface area contributed by atoms with E-state index in [-0.39, 0.29) is 11.9 Å². The summed E-state index contributed by atoms with van der Waals surface area (Å²) in [6, 6.07) is 6.05. The lowest BCUT2D eigenvalue weighted by atomic mass is 10.0. The fraction of sp³-hybridized carbons (Fsp3) is 0.154. The predicted octanol–water partition coefficient (Wildman–Crippen LogP) is 2.88. The smallest absolute Gasteiger partial charge is 0.137 e. The second kappa shape index (κ2) is 5.62. The molecule has 2 N–H and O–H groups in total. The van der Waals surface area contributed by atoms with Crippen LogP contribution >= 0.6 is 22.6 Å². The molecule has 1 atom stereocenters. The minimum Gasteiger partial charge on any atom is -0.495 e. The van der Waals surface area contributed by atoms with Gasteiger partial charge in [-0.25, -0.2) is 4.39 Å². The van der Waals surface area contributed by atoms with Crippen LogP contribution in [0, 0.1) is 9.39 Å². The molecule has 0 fully saturated rings. The first kappa shape index (κ1) is 13.2. The van der Waals surface area contributed by atoms with Crippen molar-refractivity contribution in [3.05, 3.63) is 57.2 Å². The lowest BCUT2D eigenvalue weighted by Gasteiger charge is -2.14. The quantitative estimate of drug-likeness (QED) is 0.859. The monoisotopic (exact) mass is 358 g/mol. The molecule has 3 nitrogen and oxygen atoms in total. The Balaban J connectivity index is 2.37. The third kappa shape index (κ3) is 2.78. The Kier molecular flexibility index (Phi) is 4.13. The molecule has 5 heteroatoms. The molecule has 1 aromatic heterocycles. The zero-order valence-corrected chi connectivity index (χ0v) is 11.9. The second-order valence-corrected chi connectivity index (χ2v) is 4.96. The number of pyridine rings is 1. The van der Waals surface area contributed by atoms with E-state index in [1.54, 1.807) is 25.6 Å². The van der Waals surface area contributed by atoms with Crippen molar-refractivity contribution in [1.29, 1.82) is 0 Å². The van der Waals surface area contributed by atoms with Gasteiger partial charge in [-0.15, -0.1) is 0 Å². The van der Waals surface area contributed by atoms with Crippen molar-refractivity contribution >= 4 is 22.6 Å². The fourth-order valence-corrected chi connectivity index (χ4v) is 2.46. The number of hydrogen-bond donors (Lipinski definition) is 1. The Morgan fingerprint density at radius 1 is 1.33 bits per heavy atom. The number of halogens is 2. The van der Waals surface area contributed by atoms with Gasteiger partial charge in [0.15, 0.2) is 0 Å². The molecule has 0 radical (unpaired) electrons. The largest absolute Gasteiger partial charge is 0.495 e. The molecular weight excluding hydrogens is 346 g/mol. The molecular formula is C13H12FIN2O. The normalized spacial score (nSPS) is 12.2. The zero-order valence-electron chi connectivity index (χ0n) is 9.73. The molecule has 2 rings (SSSR count). The molecule has 0 aliphatic heterocycles. The Morgan fingerprint density at radius 3 is 2.78 bits per heavy atom. The summed E-state index contributed by atoms with van der Waals surface area (Å²) in [6.45, 7) is 0. The van der Waals surface area contributed by atoms with Gasteiger partial charge in [-0.2, -0.15) is 0 Å². The van der Waals surface area contributed by atoms with Crippen LogP contribution in [0.3, 0.4) is 0 Å². The highest BCUT2D eigenvalue weighted by Crippen LogP contribution is 2.26. The summed E-state index contributed by atoms with van der Waals surface area (Å²) in [4.78, 5) is 4.07. The van der Waals surface area contributed by atoms with E-state index in [0.29, 0.717) is 5.75 Å². The van der Waals surface area contributed by atoms with Gasteiger partial charge < -0.3 is 10.5 Å². The maximum Gasteiger partial charge on any atom is 0.137 e. The zero-order chi connectivity index (χ0) is 13.1. The van der Waals surface area contributed by atoms with E-state index in [4.69, 9.17) is 10.5 Å². The number of hydrogen-bond acceptors (Lipinski definition) is 3. The average Bonchev–Trinajstić information content (AvgIpc) is 2.38. The summed E-state index contributed by atoms with van der Waals surface area (Å²) in [5.41, 5.74) is 7.87. The van der Waals surface area contributed by atoms with Gasteiger partial charge in [-0.3, -0.25) is 4.98 Å². The first-order valence-corrected chi connectivity index (χ1v) is 6.39. The maximum atomic E-state index is 13.1. The molecule has 18 heavy (non-hydrogen) atoms. The summed E-state index contributed by atoms with van der Waals surface area (Å²) in [6.07, 6.45) is 3.30. The van der Waals surface area contributed by atoms with Crippen LogP contribution in [0.2, 0.25) is 0 Å². The number of benzene rings is 1. The molecule has 1 unspecified atom stereocenters. The number of rotatable bonds is 3. The van der Waals surface area contributed by atoms with E-state index in [0.717, 1.165) is 14.7 Å². The van der Waals surface area contributed by atoms with Crippen LogP contribution in [0.25, 0.3) is 0 Å². The van der Waals surface area contributed by atoms with Crippen molar-refractivity contribution in [2.75, 3.05) is 7.11 Å². The molecule has 1 aromatic carbocycles. The molecule has 0 saturated heterocycles. The van der Waals surface area contributed by atoms with Crippen LogP contribution in [-0.2, 0) is 0 Å². The molecule has 2 aromatic rings. The average molecular weight is 358 g/mol. The lowest BCUT2D eigenvalue weighted by molar-refractivity contribution is 0.412. The molecule has 0 aliphatic rings. The van der Waals surface area contributed by atoms with Crippen LogP contribution in [0.1, 0.15) is 17.2 Å². The van der Waals surface area contributed by atoms with Crippen LogP contribution in [-0.4, -0.2) is 12.1 Å². The van der Waals surface area contributed by atoms with Crippen LogP contribution in [0.4, 0.5) is 4.39 Å². The van der Waals surface area contributed by atoms with Gasteiger partial charge in [-0.05, 0) is 51.9 Å². The Hall–Kier alpha value is -1.21. The molecule has 0 bridgehead atoms. The van der Waals surface area contributed by atoms with Gasteiger partial charge in [-0.1, -0.05) is 6.07 Å². The van der Waals surface area contributed by atoms with E-state index in [1.165, 1.54) is 12.1 Å².